The van der Waals surface area contributed by atoms with Gasteiger partial charge < -0.3 is 15.8 Å². The van der Waals surface area contributed by atoms with Gasteiger partial charge in [-0.3, -0.25) is 4.98 Å². The number of nitrogens with one attached hydrogen (secondary N) is 2. The molecule has 0 saturated heterocycles. The molecule has 0 amide bonds. The smallest absolute Gasteiger partial charge is 0.123 e. The van der Waals surface area contributed by atoms with Crippen LogP contribution in [0, 0.1) is 11.8 Å². The molecule has 4 heteroatoms. The summed E-state index contributed by atoms with van der Waals surface area (Å²) in [6, 6.07) is 16.8. The van der Waals surface area contributed by atoms with Gasteiger partial charge in [-0.15, -0.1) is 6.54 Å². The molecule has 1 saturated carbocycles. The second-order valence-corrected chi connectivity index (χ2v) is 8.93. The second kappa shape index (κ2) is 10.3. The molecule has 2 N–H and O–H groups in total. The summed E-state index contributed by atoms with van der Waals surface area (Å²) >= 11 is 0. The highest BCUT2D eigenvalue weighted by atomic mass is 16.5. The van der Waals surface area contributed by atoms with Crippen LogP contribution >= 0.6 is 0 Å². The van der Waals surface area contributed by atoms with Gasteiger partial charge in [0.2, 0.25) is 0 Å². The van der Waals surface area contributed by atoms with Gasteiger partial charge in [0.25, 0.3) is 0 Å². The summed E-state index contributed by atoms with van der Waals surface area (Å²) in [6.07, 6.45) is 6.86. The van der Waals surface area contributed by atoms with Crippen LogP contribution in [0.1, 0.15) is 55.2 Å². The molecule has 31 heavy (non-hydrogen) atoms. The summed E-state index contributed by atoms with van der Waals surface area (Å²) < 4.78 is 5.47. The summed E-state index contributed by atoms with van der Waals surface area (Å²) in [5.74, 6) is 2.83. The summed E-state index contributed by atoms with van der Waals surface area (Å²) in [5.41, 5.74) is 12.9. The zero-order valence-electron chi connectivity index (χ0n) is 18.7. The van der Waals surface area contributed by atoms with Crippen molar-refractivity contribution in [3.63, 3.8) is 0 Å². The predicted molar refractivity (Wildman–Crippen MR) is 128 cm³/mol. The molecule has 164 valence electrons. The number of hydrogen-bond donors (Lipinski definition) is 1. The van der Waals surface area contributed by atoms with Gasteiger partial charge in [0.15, 0.2) is 0 Å². The van der Waals surface area contributed by atoms with Crippen molar-refractivity contribution >= 4 is 10.9 Å². The number of methoxy groups -OCH3 is 1. The Labute approximate surface area is 186 Å². The van der Waals surface area contributed by atoms with E-state index in [1.54, 1.807) is 7.11 Å². The van der Waals surface area contributed by atoms with Crippen molar-refractivity contribution in [1.82, 2.24) is 10.3 Å². The van der Waals surface area contributed by atoms with Crippen molar-refractivity contribution in [2.45, 2.75) is 51.6 Å². The molecule has 0 spiro atoms. The lowest BCUT2D eigenvalue weighted by Crippen LogP contribution is -2.29. The molecular weight excluding hydrogens is 382 g/mol. The minimum Gasteiger partial charge on any atom is -0.674 e. The Morgan fingerprint density at radius 2 is 2.00 bits per heavy atom. The van der Waals surface area contributed by atoms with E-state index < -0.39 is 0 Å². The van der Waals surface area contributed by atoms with Crippen LogP contribution in [0.4, 0.5) is 0 Å². The number of hydrogen-bond acceptors (Lipinski definition) is 3. The summed E-state index contributed by atoms with van der Waals surface area (Å²) in [4.78, 5) is 4.60. The standard InChI is InChI=1S/C27H34N3O/c1-19(17-29-18-23-7-3-4-11-26(23)31-2)21-8-5-9-22(15-21)24-13-12-20-10-6-14-30-27(20)25(24)16-28/h3-4,6-7,10-14,19,21-22,28-29H,5,8-9,15-18H2,1-2H3/q-1/t19?,21-,22?/m1/s1. The average Bonchev–Trinajstić information content (AvgIpc) is 2.83. The maximum Gasteiger partial charge on any atom is 0.123 e. The fourth-order valence-corrected chi connectivity index (χ4v) is 5.27. The van der Waals surface area contributed by atoms with Crippen molar-refractivity contribution in [1.29, 1.82) is 0 Å². The van der Waals surface area contributed by atoms with Crippen LogP contribution in [0.25, 0.3) is 16.6 Å². The molecule has 0 bridgehead atoms. The summed E-state index contributed by atoms with van der Waals surface area (Å²) in [6.45, 7) is 4.54. The minimum absolute atomic E-state index is 0.306. The maximum absolute atomic E-state index is 8.17. The molecule has 0 radical (unpaired) electrons. The first-order valence-electron chi connectivity index (χ1n) is 11.5. The summed E-state index contributed by atoms with van der Waals surface area (Å²) in [5, 5.41) is 4.80. The van der Waals surface area contributed by atoms with Crippen molar-refractivity contribution < 1.29 is 4.74 Å². The topological polar surface area (TPSA) is 58.0 Å². The van der Waals surface area contributed by atoms with Gasteiger partial charge in [0.1, 0.15) is 5.75 Å². The molecule has 1 heterocycles. The van der Waals surface area contributed by atoms with E-state index in [1.165, 1.54) is 36.8 Å². The predicted octanol–water partition coefficient (Wildman–Crippen LogP) is 6.50. The molecule has 4 nitrogen and oxygen atoms in total. The Kier molecular flexibility index (Phi) is 7.21. The van der Waals surface area contributed by atoms with Crippen LogP contribution in [-0.4, -0.2) is 18.6 Å². The molecule has 3 atom stereocenters. The zero-order chi connectivity index (χ0) is 21.6. The van der Waals surface area contributed by atoms with E-state index in [2.05, 4.69) is 47.6 Å². The average molecular weight is 417 g/mol. The van der Waals surface area contributed by atoms with Gasteiger partial charge in [0.05, 0.1) is 12.6 Å². The molecule has 1 aliphatic carbocycles. The van der Waals surface area contributed by atoms with Crippen molar-refractivity contribution in [2.24, 2.45) is 11.8 Å². The number of nitrogens with zero attached hydrogens (tertiary/aromatic N) is 1. The lowest BCUT2D eigenvalue weighted by molar-refractivity contribution is 0.235. The third-order valence-electron chi connectivity index (χ3n) is 7.03. The van der Waals surface area contributed by atoms with Gasteiger partial charge >= 0.3 is 0 Å². The Balaban J connectivity index is 1.41. The first kappa shape index (κ1) is 21.8. The van der Waals surface area contributed by atoms with E-state index in [0.717, 1.165) is 35.3 Å². The van der Waals surface area contributed by atoms with E-state index in [0.29, 0.717) is 24.3 Å². The van der Waals surface area contributed by atoms with Gasteiger partial charge in [-0.1, -0.05) is 56.2 Å². The highest BCUT2D eigenvalue weighted by molar-refractivity contribution is 5.83. The molecule has 1 fully saturated rings. The van der Waals surface area contributed by atoms with E-state index >= 15 is 0 Å². The lowest BCUT2D eigenvalue weighted by Gasteiger charge is -2.35. The first-order chi connectivity index (χ1) is 15.2. The van der Waals surface area contributed by atoms with Crippen LogP contribution in [-0.2, 0) is 13.1 Å². The Morgan fingerprint density at radius 3 is 2.84 bits per heavy atom. The van der Waals surface area contributed by atoms with Crippen LogP contribution in [0.3, 0.4) is 0 Å². The SMILES string of the molecule is COc1ccccc1CNCC(C)[C@@H]1CCCC(c2ccc3cccnc3c2C[NH-])C1. The zero-order valence-corrected chi connectivity index (χ0v) is 18.7. The van der Waals surface area contributed by atoms with Crippen LogP contribution in [0.2, 0.25) is 0 Å². The van der Waals surface area contributed by atoms with Crippen molar-refractivity contribution in [2.75, 3.05) is 13.7 Å². The molecule has 0 aliphatic heterocycles. The fourth-order valence-electron chi connectivity index (χ4n) is 5.27. The Morgan fingerprint density at radius 1 is 1.13 bits per heavy atom. The van der Waals surface area contributed by atoms with Crippen LogP contribution in [0.15, 0.2) is 54.7 Å². The number of fused-ring (bicyclic) bond motifs is 1. The largest absolute Gasteiger partial charge is 0.674 e. The molecule has 3 aromatic rings. The normalized spacial score (nSPS) is 20.0. The van der Waals surface area contributed by atoms with E-state index in [4.69, 9.17) is 10.5 Å². The molecule has 2 unspecified atom stereocenters. The van der Waals surface area contributed by atoms with E-state index in [1.807, 2.05) is 24.4 Å². The lowest BCUT2D eigenvalue weighted by atomic mass is 9.72. The van der Waals surface area contributed by atoms with E-state index in [-0.39, 0.29) is 0 Å². The monoisotopic (exact) mass is 416 g/mol. The Bertz CT molecular complexity index is 1000. The summed E-state index contributed by atoms with van der Waals surface area (Å²) in [7, 11) is 1.73. The van der Waals surface area contributed by atoms with Crippen molar-refractivity contribution in [3.8, 4) is 5.75 Å². The molecular formula is C27H34N3O-. The third-order valence-corrected chi connectivity index (χ3v) is 7.03. The number of pyridine rings is 1. The highest BCUT2D eigenvalue weighted by Gasteiger charge is 2.28. The minimum atomic E-state index is 0.306. The Hall–Kier alpha value is -2.43. The third kappa shape index (κ3) is 4.91. The fraction of sp³-hybridized carbons (Fsp3) is 0.444. The molecule has 2 aromatic carbocycles. The molecule has 1 aliphatic rings. The van der Waals surface area contributed by atoms with E-state index in [9.17, 15) is 0 Å². The second-order valence-electron chi connectivity index (χ2n) is 8.93. The molecule has 4 rings (SSSR count). The number of ether oxygens (including phenoxy) is 1. The quantitative estimate of drug-likeness (QED) is 0.456. The van der Waals surface area contributed by atoms with Crippen LogP contribution in [0.5, 0.6) is 5.75 Å². The van der Waals surface area contributed by atoms with Crippen molar-refractivity contribution in [3.05, 3.63) is 77.2 Å². The highest BCUT2D eigenvalue weighted by Crippen LogP contribution is 2.41. The maximum atomic E-state index is 8.17. The first-order valence-corrected chi connectivity index (χ1v) is 11.5. The molecule has 1 aromatic heterocycles. The number of rotatable bonds is 8. The number of aromatic nitrogens is 1. The number of para-hydroxylation sites is 1. The van der Waals surface area contributed by atoms with Gasteiger partial charge in [-0.25, -0.2) is 0 Å². The van der Waals surface area contributed by atoms with Gasteiger partial charge in [-0.2, -0.15) is 0 Å². The van der Waals surface area contributed by atoms with Gasteiger partial charge in [-0.05, 0) is 60.4 Å². The number of benzene rings is 2. The van der Waals surface area contributed by atoms with Crippen LogP contribution < -0.4 is 10.1 Å². The van der Waals surface area contributed by atoms with Gasteiger partial charge in [0, 0.05) is 23.7 Å².